The number of para-hydroxylation sites is 1. The molecule has 0 aliphatic rings. The van der Waals surface area contributed by atoms with E-state index in [1.54, 1.807) is 0 Å². The summed E-state index contributed by atoms with van der Waals surface area (Å²) in [6, 6.07) is 9.93. The number of thiophene rings is 1. The third-order valence-electron chi connectivity index (χ3n) is 3.20. The lowest BCUT2D eigenvalue weighted by Crippen LogP contribution is -2.11. The normalized spacial score (nSPS) is 10.8. The molecular weight excluding hydrogens is 256 g/mol. The predicted molar refractivity (Wildman–Crippen MR) is 80.0 cm³/mol. The molecule has 0 radical (unpaired) electrons. The number of H-pyrrole nitrogens is 1. The van der Waals surface area contributed by atoms with E-state index in [1.165, 1.54) is 11.3 Å². The lowest BCUT2D eigenvalue weighted by atomic mass is 10.2. The van der Waals surface area contributed by atoms with Crippen molar-refractivity contribution in [3.05, 3.63) is 51.8 Å². The van der Waals surface area contributed by atoms with E-state index in [-0.39, 0.29) is 5.91 Å². The second kappa shape index (κ2) is 4.55. The van der Waals surface area contributed by atoms with Gasteiger partial charge >= 0.3 is 0 Å². The van der Waals surface area contributed by atoms with E-state index in [0.29, 0.717) is 0 Å². The Hall–Kier alpha value is -2.07. The summed E-state index contributed by atoms with van der Waals surface area (Å²) >= 11 is 1.47. The van der Waals surface area contributed by atoms with Crippen molar-refractivity contribution in [2.45, 2.75) is 13.8 Å². The van der Waals surface area contributed by atoms with Crippen molar-refractivity contribution in [3.63, 3.8) is 0 Å². The zero-order valence-electron chi connectivity index (χ0n) is 10.8. The number of nitrogens with one attached hydrogen (secondary N) is 2. The van der Waals surface area contributed by atoms with Crippen molar-refractivity contribution < 1.29 is 4.79 Å². The number of aryl methyl sites for hydroxylation is 2. The third kappa shape index (κ3) is 2.04. The van der Waals surface area contributed by atoms with Crippen molar-refractivity contribution >= 4 is 33.8 Å². The van der Waals surface area contributed by atoms with Crippen LogP contribution >= 0.6 is 11.3 Å². The van der Waals surface area contributed by atoms with Gasteiger partial charge in [-0.2, -0.15) is 0 Å². The van der Waals surface area contributed by atoms with Crippen molar-refractivity contribution in [2.75, 3.05) is 5.32 Å². The molecule has 0 aliphatic carbocycles. The molecule has 19 heavy (non-hydrogen) atoms. The largest absolute Gasteiger partial charge is 0.357 e. The first kappa shape index (κ1) is 12.0. The molecule has 2 heterocycles. The highest BCUT2D eigenvalue weighted by atomic mass is 32.1. The monoisotopic (exact) mass is 270 g/mol. The summed E-state index contributed by atoms with van der Waals surface area (Å²) in [5.41, 5.74) is 3.90. The van der Waals surface area contributed by atoms with E-state index in [0.717, 1.165) is 32.7 Å². The van der Waals surface area contributed by atoms with Gasteiger partial charge in [0.1, 0.15) is 0 Å². The highest BCUT2D eigenvalue weighted by Crippen LogP contribution is 2.28. The van der Waals surface area contributed by atoms with E-state index < -0.39 is 0 Å². The maximum Gasteiger partial charge on any atom is 0.266 e. The second-order valence-electron chi connectivity index (χ2n) is 4.56. The average Bonchev–Trinajstić information content (AvgIpc) is 2.94. The molecule has 0 saturated carbocycles. The van der Waals surface area contributed by atoms with Gasteiger partial charge in [-0.1, -0.05) is 18.2 Å². The minimum absolute atomic E-state index is 0.0413. The van der Waals surface area contributed by atoms with Crippen LogP contribution < -0.4 is 5.32 Å². The Labute approximate surface area is 115 Å². The van der Waals surface area contributed by atoms with Crippen LogP contribution in [0.2, 0.25) is 0 Å². The Kier molecular flexibility index (Phi) is 2.87. The molecule has 0 bridgehead atoms. The molecule has 0 atom stereocenters. The fourth-order valence-electron chi connectivity index (χ4n) is 2.21. The molecule has 1 amide bonds. The minimum Gasteiger partial charge on any atom is -0.357 e. The quantitative estimate of drug-likeness (QED) is 0.723. The molecule has 0 fully saturated rings. The Bertz CT molecular complexity index is 754. The summed E-state index contributed by atoms with van der Waals surface area (Å²) in [4.78, 5) is 16.3. The van der Waals surface area contributed by atoms with Crippen LogP contribution in [-0.2, 0) is 0 Å². The SMILES string of the molecule is Cc1ccsc1C(=O)Nc1c(C)[nH]c2ccccc12. The number of hydrogen-bond donors (Lipinski definition) is 2. The van der Waals surface area contributed by atoms with E-state index in [1.807, 2.05) is 49.6 Å². The summed E-state index contributed by atoms with van der Waals surface area (Å²) in [5.74, 6) is -0.0413. The number of aromatic amines is 1. The summed E-state index contributed by atoms with van der Waals surface area (Å²) in [6.45, 7) is 3.92. The van der Waals surface area contributed by atoms with Gasteiger partial charge in [-0.05, 0) is 36.9 Å². The highest BCUT2D eigenvalue weighted by Gasteiger charge is 2.14. The molecular formula is C15H14N2OS. The van der Waals surface area contributed by atoms with Crippen molar-refractivity contribution in [3.8, 4) is 0 Å². The van der Waals surface area contributed by atoms with Gasteiger partial charge in [-0.15, -0.1) is 11.3 Å². The van der Waals surface area contributed by atoms with E-state index in [9.17, 15) is 4.79 Å². The van der Waals surface area contributed by atoms with Crippen LogP contribution in [0.15, 0.2) is 35.7 Å². The van der Waals surface area contributed by atoms with Gasteiger partial charge in [0.05, 0.1) is 10.6 Å². The van der Waals surface area contributed by atoms with Crippen molar-refractivity contribution in [1.82, 2.24) is 4.98 Å². The van der Waals surface area contributed by atoms with Gasteiger partial charge in [0.2, 0.25) is 0 Å². The molecule has 1 aromatic carbocycles. The molecule has 0 spiro atoms. The van der Waals surface area contributed by atoms with Crippen LogP contribution in [0.3, 0.4) is 0 Å². The molecule has 4 heteroatoms. The Morgan fingerprint density at radius 2 is 2.00 bits per heavy atom. The second-order valence-corrected chi connectivity index (χ2v) is 5.47. The smallest absolute Gasteiger partial charge is 0.266 e. The maximum absolute atomic E-state index is 12.3. The number of hydrogen-bond acceptors (Lipinski definition) is 2. The maximum atomic E-state index is 12.3. The summed E-state index contributed by atoms with van der Waals surface area (Å²) in [5, 5.41) is 6.00. The van der Waals surface area contributed by atoms with Crippen LogP contribution in [0.1, 0.15) is 20.9 Å². The van der Waals surface area contributed by atoms with Crippen molar-refractivity contribution in [2.24, 2.45) is 0 Å². The zero-order chi connectivity index (χ0) is 13.4. The number of carbonyl (C=O) groups excluding carboxylic acids is 1. The molecule has 3 rings (SSSR count). The molecule has 2 N–H and O–H groups in total. The first-order chi connectivity index (χ1) is 9.16. The molecule has 0 unspecified atom stereocenters. The number of carbonyl (C=O) groups is 1. The van der Waals surface area contributed by atoms with Gasteiger partial charge in [0, 0.05) is 16.6 Å². The topological polar surface area (TPSA) is 44.9 Å². The number of aromatic nitrogens is 1. The Morgan fingerprint density at radius 3 is 2.74 bits per heavy atom. The van der Waals surface area contributed by atoms with E-state index >= 15 is 0 Å². The molecule has 3 aromatic rings. The van der Waals surface area contributed by atoms with Crippen LogP contribution in [-0.4, -0.2) is 10.9 Å². The van der Waals surface area contributed by atoms with Crippen molar-refractivity contribution in [1.29, 1.82) is 0 Å². The Morgan fingerprint density at radius 1 is 1.21 bits per heavy atom. The fraction of sp³-hybridized carbons (Fsp3) is 0.133. The van der Waals surface area contributed by atoms with Gasteiger partial charge in [0.25, 0.3) is 5.91 Å². The minimum atomic E-state index is -0.0413. The summed E-state index contributed by atoms with van der Waals surface area (Å²) < 4.78 is 0. The highest BCUT2D eigenvalue weighted by molar-refractivity contribution is 7.12. The molecule has 0 saturated heterocycles. The Balaban J connectivity index is 2.00. The van der Waals surface area contributed by atoms with Gasteiger partial charge in [-0.25, -0.2) is 0 Å². The average molecular weight is 270 g/mol. The van der Waals surface area contributed by atoms with Gasteiger partial charge in [0.15, 0.2) is 0 Å². The van der Waals surface area contributed by atoms with Crippen LogP contribution in [0.25, 0.3) is 10.9 Å². The third-order valence-corrected chi connectivity index (χ3v) is 4.22. The number of fused-ring (bicyclic) bond motifs is 1. The number of amides is 1. The van der Waals surface area contributed by atoms with Gasteiger partial charge in [-0.3, -0.25) is 4.79 Å². The standard InChI is InChI=1S/C15H14N2OS/c1-9-7-8-19-14(9)15(18)17-13-10(2)16-12-6-4-3-5-11(12)13/h3-8,16H,1-2H3,(H,17,18). The first-order valence-electron chi connectivity index (χ1n) is 6.09. The van der Waals surface area contributed by atoms with E-state index in [4.69, 9.17) is 0 Å². The van der Waals surface area contributed by atoms with Gasteiger partial charge < -0.3 is 10.3 Å². The summed E-state index contributed by atoms with van der Waals surface area (Å²) in [7, 11) is 0. The predicted octanol–water partition coefficient (Wildman–Crippen LogP) is 4.10. The molecule has 2 aromatic heterocycles. The lowest BCUT2D eigenvalue weighted by Gasteiger charge is -2.04. The molecule has 96 valence electrons. The number of anilines is 1. The number of benzene rings is 1. The van der Waals surface area contributed by atoms with Crippen LogP contribution in [0, 0.1) is 13.8 Å². The zero-order valence-corrected chi connectivity index (χ0v) is 11.6. The lowest BCUT2D eigenvalue weighted by molar-refractivity contribution is 0.103. The van der Waals surface area contributed by atoms with E-state index in [2.05, 4.69) is 10.3 Å². The first-order valence-corrected chi connectivity index (χ1v) is 6.97. The molecule has 0 aliphatic heterocycles. The number of rotatable bonds is 2. The fourth-order valence-corrected chi connectivity index (χ4v) is 3.03. The summed E-state index contributed by atoms with van der Waals surface area (Å²) in [6.07, 6.45) is 0. The van der Waals surface area contributed by atoms with Crippen LogP contribution in [0.5, 0.6) is 0 Å². The van der Waals surface area contributed by atoms with Crippen LogP contribution in [0.4, 0.5) is 5.69 Å². The molecule has 3 nitrogen and oxygen atoms in total.